The van der Waals surface area contributed by atoms with Gasteiger partial charge in [0.1, 0.15) is 0 Å². The van der Waals surface area contributed by atoms with Gasteiger partial charge in [-0.05, 0) is 44.9 Å². The molecule has 23 heavy (non-hydrogen) atoms. The molecule has 0 aromatic heterocycles. The molecule has 126 valence electrons. The second kappa shape index (κ2) is 7.53. The minimum absolute atomic E-state index is 0.0658. The van der Waals surface area contributed by atoms with Gasteiger partial charge in [0.2, 0.25) is 5.91 Å². The molecule has 0 N–H and O–H groups in total. The topological polar surface area (TPSA) is 40.6 Å². The standard InChI is InChI=1S/C17H22F2N2O2/c1-3-20(4-2)16(22)12-7-9-21(10-8-12)17(23)13-5-6-14(18)15(19)11-13/h5-6,11-12H,3-4,7-10H2,1-2H3. The van der Waals surface area contributed by atoms with Crippen LogP contribution in [0.5, 0.6) is 0 Å². The molecule has 1 aromatic rings. The first-order valence-corrected chi connectivity index (χ1v) is 8.01. The van der Waals surface area contributed by atoms with Crippen molar-refractivity contribution in [3.63, 3.8) is 0 Å². The minimum atomic E-state index is -1.03. The molecular formula is C17H22F2N2O2. The van der Waals surface area contributed by atoms with Crippen LogP contribution in [-0.2, 0) is 4.79 Å². The van der Waals surface area contributed by atoms with Crippen LogP contribution in [0.3, 0.4) is 0 Å². The van der Waals surface area contributed by atoms with Crippen molar-refractivity contribution in [3.05, 3.63) is 35.4 Å². The molecule has 0 atom stereocenters. The van der Waals surface area contributed by atoms with Gasteiger partial charge < -0.3 is 9.80 Å². The van der Waals surface area contributed by atoms with Gasteiger partial charge in [0, 0.05) is 37.7 Å². The van der Waals surface area contributed by atoms with Gasteiger partial charge in [0.15, 0.2) is 11.6 Å². The van der Waals surface area contributed by atoms with E-state index in [4.69, 9.17) is 0 Å². The summed E-state index contributed by atoms with van der Waals surface area (Å²) in [6.45, 7) is 6.17. The number of nitrogens with zero attached hydrogens (tertiary/aromatic N) is 2. The third kappa shape index (κ3) is 3.86. The molecule has 4 nitrogen and oxygen atoms in total. The SMILES string of the molecule is CCN(CC)C(=O)C1CCN(C(=O)c2ccc(F)c(F)c2)CC1. The summed E-state index contributed by atoms with van der Waals surface area (Å²) >= 11 is 0. The number of amides is 2. The number of carbonyl (C=O) groups excluding carboxylic acids is 2. The van der Waals surface area contributed by atoms with E-state index in [-0.39, 0.29) is 23.3 Å². The number of carbonyl (C=O) groups is 2. The largest absolute Gasteiger partial charge is 0.343 e. The third-order valence-corrected chi connectivity index (χ3v) is 4.37. The predicted molar refractivity (Wildman–Crippen MR) is 82.9 cm³/mol. The Morgan fingerprint density at radius 2 is 1.74 bits per heavy atom. The molecule has 6 heteroatoms. The Labute approximate surface area is 135 Å². The average Bonchev–Trinajstić information content (AvgIpc) is 2.58. The lowest BCUT2D eigenvalue weighted by Crippen LogP contribution is -2.44. The number of hydrogen-bond acceptors (Lipinski definition) is 2. The number of benzene rings is 1. The Balaban J connectivity index is 1.97. The molecule has 0 unspecified atom stereocenters. The highest BCUT2D eigenvalue weighted by atomic mass is 19.2. The molecule has 1 aliphatic rings. The number of likely N-dealkylation sites (tertiary alicyclic amines) is 1. The van der Waals surface area contributed by atoms with Crippen LogP contribution in [0.4, 0.5) is 8.78 Å². The van der Waals surface area contributed by atoms with E-state index >= 15 is 0 Å². The molecule has 1 fully saturated rings. The molecular weight excluding hydrogens is 302 g/mol. The van der Waals surface area contributed by atoms with Gasteiger partial charge in [-0.1, -0.05) is 0 Å². The molecule has 0 aliphatic carbocycles. The van der Waals surface area contributed by atoms with Gasteiger partial charge in [-0.25, -0.2) is 8.78 Å². The number of halogens is 2. The van der Waals surface area contributed by atoms with Crippen molar-refractivity contribution < 1.29 is 18.4 Å². The Bertz CT molecular complexity index is 580. The first-order valence-electron chi connectivity index (χ1n) is 8.01. The van der Waals surface area contributed by atoms with Crippen LogP contribution in [0.1, 0.15) is 37.0 Å². The fraction of sp³-hybridized carbons (Fsp3) is 0.529. The van der Waals surface area contributed by atoms with Gasteiger partial charge in [-0.3, -0.25) is 9.59 Å². The van der Waals surface area contributed by atoms with Crippen molar-refractivity contribution in [3.8, 4) is 0 Å². The van der Waals surface area contributed by atoms with Crippen molar-refractivity contribution in [2.24, 2.45) is 5.92 Å². The summed E-state index contributed by atoms with van der Waals surface area (Å²) in [7, 11) is 0. The molecule has 0 saturated carbocycles. The van der Waals surface area contributed by atoms with Crippen LogP contribution >= 0.6 is 0 Å². The Kier molecular flexibility index (Phi) is 5.69. The summed E-state index contributed by atoms with van der Waals surface area (Å²) < 4.78 is 26.2. The smallest absolute Gasteiger partial charge is 0.253 e. The fourth-order valence-corrected chi connectivity index (χ4v) is 2.93. The van der Waals surface area contributed by atoms with Crippen LogP contribution in [0.15, 0.2) is 18.2 Å². The molecule has 1 heterocycles. The molecule has 2 rings (SSSR count). The van der Waals surface area contributed by atoms with E-state index in [1.165, 1.54) is 6.07 Å². The van der Waals surface area contributed by atoms with E-state index in [0.717, 1.165) is 12.1 Å². The van der Waals surface area contributed by atoms with Crippen LogP contribution in [0.2, 0.25) is 0 Å². The summed E-state index contributed by atoms with van der Waals surface area (Å²) in [6.07, 6.45) is 1.20. The van der Waals surface area contributed by atoms with Crippen LogP contribution in [-0.4, -0.2) is 47.8 Å². The lowest BCUT2D eigenvalue weighted by atomic mass is 9.94. The van der Waals surface area contributed by atoms with Crippen molar-refractivity contribution in [1.29, 1.82) is 0 Å². The quantitative estimate of drug-likeness (QED) is 0.854. The fourth-order valence-electron chi connectivity index (χ4n) is 2.93. The third-order valence-electron chi connectivity index (χ3n) is 4.37. The highest BCUT2D eigenvalue weighted by Crippen LogP contribution is 2.21. The van der Waals surface area contributed by atoms with Crippen molar-refractivity contribution in [2.75, 3.05) is 26.2 Å². The van der Waals surface area contributed by atoms with Gasteiger partial charge in [0.25, 0.3) is 5.91 Å². The zero-order chi connectivity index (χ0) is 17.0. The monoisotopic (exact) mass is 324 g/mol. The van der Waals surface area contributed by atoms with E-state index in [1.54, 1.807) is 9.80 Å². The van der Waals surface area contributed by atoms with Gasteiger partial charge >= 0.3 is 0 Å². The summed E-state index contributed by atoms with van der Waals surface area (Å²) in [4.78, 5) is 28.0. The lowest BCUT2D eigenvalue weighted by molar-refractivity contribution is -0.136. The predicted octanol–water partition coefficient (Wildman–Crippen LogP) is 2.69. The van der Waals surface area contributed by atoms with Crippen LogP contribution in [0, 0.1) is 17.6 Å². The Morgan fingerprint density at radius 3 is 2.26 bits per heavy atom. The molecule has 2 amide bonds. The molecule has 0 spiro atoms. The second-order valence-corrected chi connectivity index (χ2v) is 5.71. The summed E-state index contributed by atoms with van der Waals surface area (Å²) in [6, 6.07) is 3.16. The maximum absolute atomic E-state index is 13.2. The zero-order valence-electron chi connectivity index (χ0n) is 13.5. The highest BCUT2D eigenvalue weighted by Gasteiger charge is 2.29. The van der Waals surface area contributed by atoms with E-state index in [9.17, 15) is 18.4 Å². The zero-order valence-corrected chi connectivity index (χ0v) is 13.5. The number of piperidine rings is 1. The van der Waals surface area contributed by atoms with Crippen molar-refractivity contribution in [2.45, 2.75) is 26.7 Å². The Hall–Kier alpha value is -1.98. The average molecular weight is 324 g/mol. The molecule has 0 bridgehead atoms. The lowest BCUT2D eigenvalue weighted by Gasteiger charge is -2.33. The molecule has 1 aliphatic heterocycles. The Morgan fingerprint density at radius 1 is 1.13 bits per heavy atom. The van der Waals surface area contributed by atoms with Gasteiger partial charge in [-0.15, -0.1) is 0 Å². The summed E-state index contributed by atoms with van der Waals surface area (Å²) in [5, 5.41) is 0. The summed E-state index contributed by atoms with van der Waals surface area (Å²) in [5.74, 6) is -2.25. The van der Waals surface area contributed by atoms with E-state index < -0.39 is 11.6 Å². The highest BCUT2D eigenvalue weighted by molar-refractivity contribution is 5.94. The first kappa shape index (κ1) is 17.4. The maximum Gasteiger partial charge on any atom is 0.253 e. The molecule has 0 radical (unpaired) electrons. The van der Waals surface area contributed by atoms with Crippen molar-refractivity contribution in [1.82, 2.24) is 9.80 Å². The van der Waals surface area contributed by atoms with Gasteiger partial charge in [-0.2, -0.15) is 0 Å². The van der Waals surface area contributed by atoms with E-state index in [2.05, 4.69) is 0 Å². The van der Waals surface area contributed by atoms with Crippen LogP contribution in [0.25, 0.3) is 0 Å². The maximum atomic E-state index is 13.2. The first-order chi connectivity index (χ1) is 11.0. The van der Waals surface area contributed by atoms with Crippen molar-refractivity contribution >= 4 is 11.8 Å². The number of hydrogen-bond donors (Lipinski definition) is 0. The molecule has 1 aromatic carbocycles. The number of rotatable bonds is 4. The summed E-state index contributed by atoms with van der Waals surface area (Å²) in [5.41, 5.74) is 0.136. The normalized spacial score (nSPS) is 15.6. The van der Waals surface area contributed by atoms with Crippen LogP contribution < -0.4 is 0 Å². The van der Waals surface area contributed by atoms with E-state index in [0.29, 0.717) is 39.0 Å². The van der Waals surface area contributed by atoms with Gasteiger partial charge in [0.05, 0.1) is 0 Å². The molecule has 1 saturated heterocycles. The minimum Gasteiger partial charge on any atom is -0.343 e. The second-order valence-electron chi connectivity index (χ2n) is 5.71. The van der Waals surface area contributed by atoms with E-state index in [1.807, 2.05) is 13.8 Å².